The van der Waals surface area contributed by atoms with Gasteiger partial charge in [-0.3, -0.25) is 29.4 Å². The van der Waals surface area contributed by atoms with E-state index < -0.39 is 29.7 Å². The second kappa shape index (κ2) is 7.86. The Labute approximate surface area is 187 Å². The molecule has 0 spiro atoms. The number of hydrogen-bond donors (Lipinski definition) is 1. The third-order valence-electron chi connectivity index (χ3n) is 5.79. The van der Waals surface area contributed by atoms with E-state index in [2.05, 4.69) is 15.5 Å². The number of piperidine rings is 1. The molecule has 4 amide bonds. The van der Waals surface area contributed by atoms with Gasteiger partial charge in [0.15, 0.2) is 0 Å². The van der Waals surface area contributed by atoms with Crippen LogP contribution in [0.1, 0.15) is 31.6 Å². The molecule has 1 unspecified atom stereocenters. The Balaban J connectivity index is 1.38. The number of imide groups is 2. The minimum absolute atomic E-state index is 0.0780. The summed E-state index contributed by atoms with van der Waals surface area (Å²) in [5.74, 6) is -1.45. The van der Waals surface area contributed by atoms with Crippen LogP contribution in [0.5, 0.6) is 0 Å². The van der Waals surface area contributed by atoms with Crippen LogP contribution in [-0.4, -0.2) is 56.2 Å². The molecule has 1 N–H and O–H groups in total. The van der Waals surface area contributed by atoms with Crippen LogP contribution in [0.3, 0.4) is 0 Å². The smallest absolute Gasteiger partial charge is 0.278 e. The maximum absolute atomic E-state index is 13.2. The van der Waals surface area contributed by atoms with E-state index >= 15 is 0 Å². The first-order valence-electron chi connectivity index (χ1n) is 10.2. The molecular weight excluding hydrogens is 438 g/mol. The van der Waals surface area contributed by atoms with Crippen molar-refractivity contribution in [3.63, 3.8) is 0 Å². The zero-order chi connectivity index (χ0) is 22.4. The van der Waals surface area contributed by atoms with Gasteiger partial charge in [0.05, 0.1) is 11.6 Å². The molecule has 2 aromatic rings. The summed E-state index contributed by atoms with van der Waals surface area (Å²) in [7, 11) is 0. The predicted molar refractivity (Wildman–Crippen MR) is 109 cm³/mol. The van der Waals surface area contributed by atoms with Gasteiger partial charge in [-0.2, -0.15) is 4.98 Å². The highest BCUT2D eigenvalue weighted by Gasteiger charge is 2.48. The van der Waals surface area contributed by atoms with Crippen molar-refractivity contribution in [1.29, 1.82) is 0 Å². The Kier molecular flexibility index (Phi) is 5.01. The van der Waals surface area contributed by atoms with Gasteiger partial charge in [-0.15, -0.1) is 0 Å². The molecule has 11 heteroatoms. The van der Waals surface area contributed by atoms with Crippen LogP contribution < -0.4 is 5.32 Å². The Morgan fingerprint density at radius 1 is 1.12 bits per heavy atom. The van der Waals surface area contributed by atoms with Crippen LogP contribution in [0, 0.1) is 0 Å². The first kappa shape index (κ1) is 20.4. The summed E-state index contributed by atoms with van der Waals surface area (Å²) in [4.78, 5) is 57.0. The van der Waals surface area contributed by atoms with Gasteiger partial charge in [0.1, 0.15) is 11.7 Å². The van der Waals surface area contributed by atoms with E-state index in [4.69, 9.17) is 16.1 Å². The SMILES string of the molecule is O=C1CCC(N2C(=O)C3=C(C2=O)N(Cc2nc(-c4ccccc4Cl)no2)CCC3)C(=O)N1. The molecule has 0 radical (unpaired) electrons. The lowest BCUT2D eigenvalue weighted by Gasteiger charge is -2.29. The molecule has 32 heavy (non-hydrogen) atoms. The highest BCUT2D eigenvalue weighted by molar-refractivity contribution is 6.33. The van der Waals surface area contributed by atoms with Gasteiger partial charge < -0.3 is 9.42 Å². The van der Waals surface area contributed by atoms with Crippen LogP contribution in [0.25, 0.3) is 11.4 Å². The molecule has 1 atom stereocenters. The van der Waals surface area contributed by atoms with Crippen LogP contribution in [0.4, 0.5) is 0 Å². The van der Waals surface area contributed by atoms with Gasteiger partial charge in [0, 0.05) is 24.1 Å². The predicted octanol–water partition coefficient (Wildman–Crippen LogP) is 1.41. The summed E-state index contributed by atoms with van der Waals surface area (Å²) in [6, 6.07) is 6.11. The maximum Gasteiger partial charge on any atom is 0.278 e. The van der Waals surface area contributed by atoms with Crippen LogP contribution in [0.15, 0.2) is 40.1 Å². The van der Waals surface area contributed by atoms with Crippen molar-refractivity contribution in [2.45, 2.75) is 38.3 Å². The number of aromatic nitrogens is 2. The van der Waals surface area contributed by atoms with E-state index in [1.165, 1.54) is 0 Å². The summed E-state index contributed by atoms with van der Waals surface area (Å²) in [6.45, 7) is 0.656. The molecule has 3 aliphatic rings. The second-order valence-corrected chi connectivity index (χ2v) is 8.20. The Morgan fingerprint density at radius 2 is 1.94 bits per heavy atom. The normalized spacial score (nSPS) is 21.3. The van der Waals surface area contributed by atoms with Gasteiger partial charge in [-0.05, 0) is 31.4 Å². The number of carbonyl (C=O) groups is 4. The highest BCUT2D eigenvalue weighted by Crippen LogP contribution is 2.35. The summed E-state index contributed by atoms with van der Waals surface area (Å²) in [5.41, 5.74) is 1.25. The second-order valence-electron chi connectivity index (χ2n) is 7.79. The molecule has 1 aromatic heterocycles. The van der Waals surface area contributed by atoms with Crippen molar-refractivity contribution in [2.75, 3.05) is 6.54 Å². The van der Waals surface area contributed by atoms with E-state index in [0.717, 1.165) is 4.90 Å². The van der Waals surface area contributed by atoms with E-state index in [1.54, 1.807) is 23.1 Å². The summed E-state index contributed by atoms with van der Waals surface area (Å²) < 4.78 is 5.36. The Bertz CT molecular complexity index is 1190. The number of halogens is 1. The molecule has 1 fully saturated rings. The number of amides is 4. The number of carbonyl (C=O) groups excluding carboxylic acids is 4. The molecule has 0 aliphatic carbocycles. The fourth-order valence-corrected chi connectivity index (χ4v) is 4.52. The van der Waals surface area contributed by atoms with Crippen LogP contribution in [0.2, 0.25) is 5.02 Å². The van der Waals surface area contributed by atoms with Crippen LogP contribution >= 0.6 is 11.6 Å². The highest BCUT2D eigenvalue weighted by atomic mass is 35.5. The van der Waals surface area contributed by atoms with E-state index in [0.29, 0.717) is 41.4 Å². The maximum atomic E-state index is 13.2. The van der Waals surface area contributed by atoms with Crippen molar-refractivity contribution in [3.05, 3.63) is 46.4 Å². The molecule has 1 aromatic carbocycles. The number of nitrogens with one attached hydrogen (secondary N) is 1. The van der Waals surface area contributed by atoms with Crippen molar-refractivity contribution < 1.29 is 23.7 Å². The van der Waals surface area contributed by atoms with Gasteiger partial charge in [-0.1, -0.05) is 28.9 Å². The van der Waals surface area contributed by atoms with Crippen molar-refractivity contribution in [3.8, 4) is 11.4 Å². The molecule has 0 saturated carbocycles. The van der Waals surface area contributed by atoms with Crippen LogP contribution in [-0.2, 0) is 25.7 Å². The molecule has 1 saturated heterocycles. The lowest BCUT2D eigenvalue weighted by atomic mass is 10.0. The molecular formula is C21H18ClN5O5. The molecule has 3 aliphatic heterocycles. The van der Waals surface area contributed by atoms with Gasteiger partial charge in [0.2, 0.25) is 23.5 Å². The number of hydrogen-bond acceptors (Lipinski definition) is 8. The fraction of sp³-hybridized carbons (Fsp3) is 0.333. The van der Waals surface area contributed by atoms with Gasteiger partial charge in [-0.25, -0.2) is 0 Å². The van der Waals surface area contributed by atoms with E-state index in [1.807, 2.05) is 6.07 Å². The largest absolute Gasteiger partial charge is 0.357 e. The minimum Gasteiger partial charge on any atom is -0.357 e. The summed E-state index contributed by atoms with van der Waals surface area (Å²) >= 11 is 6.20. The van der Waals surface area contributed by atoms with Crippen molar-refractivity contribution >= 4 is 35.2 Å². The van der Waals surface area contributed by atoms with Crippen molar-refractivity contribution in [2.24, 2.45) is 0 Å². The molecule has 10 nitrogen and oxygen atoms in total. The van der Waals surface area contributed by atoms with Gasteiger partial charge in [0.25, 0.3) is 11.8 Å². The van der Waals surface area contributed by atoms with E-state index in [-0.39, 0.29) is 31.0 Å². The average molecular weight is 456 g/mol. The number of rotatable bonds is 4. The van der Waals surface area contributed by atoms with Crippen molar-refractivity contribution in [1.82, 2.24) is 25.3 Å². The number of nitrogens with zero attached hydrogens (tertiary/aromatic N) is 4. The standard InChI is InChI=1S/C21H18ClN5O5/c22-13-6-2-1-4-11(13)18-24-16(32-25-18)10-26-9-3-5-12-17(26)21(31)27(20(12)30)14-7-8-15(28)23-19(14)29/h1-2,4,6,14H,3,5,7-10H2,(H,23,28,29). The first-order valence-corrected chi connectivity index (χ1v) is 10.6. The third-order valence-corrected chi connectivity index (χ3v) is 6.12. The third kappa shape index (κ3) is 3.36. The Morgan fingerprint density at radius 3 is 2.72 bits per heavy atom. The first-order chi connectivity index (χ1) is 15.4. The minimum atomic E-state index is -0.990. The lowest BCUT2D eigenvalue weighted by molar-refractivity contribution is -0.150. The molecule has 0 bridgehead atoms. The summed E-state index contributed by atoms with van der Waals surface area (Å²) in [6.07, 6.45) is 1.30. The molecule has 4 heterocycles. The Hall–Kier alpha value is -3.53. The van der Waals surface area contributed by atoms with E-state index in [9.17, 15) is 19.2 Å². The lowest BCUT2D eigenvalue weighted by Crippen LogP contribution is -2.55. The molecule has 5 rings (SSSR count). The topological polar surface area (TPSA) is 126 Å². The zero-order valence-electron chi connectivity index (χ0n) is 16.8. The molecule has 164 valence electrons. The zero-order valence-corrected chi connectivity index (χ0v) is 17.6. The fourth-order valence-electron chi connectivity index (χ4n) is 4.30. The van der Waals surface area contributed by atoms with Gasteiger partial charge >= 0.3 is 0 Å². The monoisotopic (exact) mass is 455 g/mol. The summed E-state index contributed by atoms with van der Waals surface area (Å²) in [5, 5.41) is 6.67. The number of benzene rings is 1. The average Bonchev–Trinajstić information content (AvgIpc) is 3.32. The quantitative estimate of drug-likeness (QED) is 0.686.